The van der Waals surface area contributed by atoms with E-state index in [1.165, 1.54) is 6.92 Å². The second kappa shape index (κ2) is 7.26. The molecule has 0 unspecified atom stereocenters. The Hall–Kier alpha value is -1.82. The molecule has 6 heteroatoms. The number of imide groups is 1. The van der Waals surface area contributed by atoms with Crippen LogP contribution in [0.25, 0.3) is 0 Å². The smallest absolute Gasteiger partial charge is 0.416 e. The number of nitrogens with zero attached hydrogens (tertiary/aromatic N) is 1. The molecule has 112 valence electrons. The second-order valence-electron chi connectivity index (χ2n) is 4.79. The Kier molecular flexibility index (Phi) is 5.38. The Bertz CT molecular complexity index is 532. The van der Waals surface area contributed by atoms with Gasteiger partial charge in [0.1, 0.15) is 6.61 Å². The minimum absolute atomic E-state index is 0.0372. The molecule has 1 aliphatic rings. The fraction of sp³-hybridized carbons (Fsp3) is 0.400. The molecule has 1 heterocycles. The molecule has 1 aromatic carbocycles. The third kappa shape index (κ3) is 4.32. The summed E-state index contributed by atoms with van der Waals surface area (Å²) in [4.78, 5) is 36.3. The van der Waals surface area contributed by atoms with Crippen LogP contribution < -0.4 is 0 Å². The molecule has 0 N–H and O–H groups in total. The van der Waals surface area contributed by atoms with Gasteiger partial charge in [-0.1, -0.05) is 42.1 Å². The first-order valence-electron chi connectivity index (χ1n) is 6.73. The molecule has 1 saturated heterocycles. The van der Waals surface area contributed by atoms with Crippen LogP contribution in [0.15, 0.2) is 30.3 Å². The minimum Gasteiger partial charge on any atom is -0.447 e. The van der Waals surface area contributed by atoms with Gasteiger partial charge in [0.05, 0.1) is 12.5 Å². The first kappa shape index (κ1) is 15.6. The molecule has 21 heavy (non-hydrogen) atoms. The zero-order chi connectivity index (χ0) is 15.2. The van der Waals surface area contributed by atoms with Crippen molar-refractivity contribution < 1.29 is 19.1 Å². The fourth-order valence-corrected chi connectivity index (χ4v) is 2.84. The molecule has 0 radical (unpaired) electrons. The van der Waals surface area contributed by atoms with Crippen LogP contribution in [0.2, 0.25) is 0 Å². The largest absolute Gasteiger partial charge is 0.447 e. The van der Waals surface area contributed by atoms with Crippen molar-refractivity contribution in [1.82, 2.24) is 4.90 Å². The minimum atomic E-state index is -0.592. The van der Waals surface area contributed by atoms with E-state index in [0.717, 1.165) is 22.2 Å². The monoisotopic (exact) mass is 307 g/mol. The van der Waals surface area contributed by atoms with Crippen molar-refractivity contribution in [3.05, 3.63) is 35.9 Å². The van der Waals surface area contributed by atoms with Gasteiger partial charge < -0.3 is 4.74 Å². The lowest BCUT2D eigenvalue weighted by atomic mass is 10.00. The van der Waals surface area contributed by atoms with E-state index in [4.69, 9.17) is 4.74 Å². The van der Waals surface area contributed by atoms with Crippen molar-refractivity contribution in [2.75, 3.05) is 18.9 Å². The number of ether oxygens (including phenoxy) is 1. The summed E-state index contributed by atoms with van der Waals surface area (Å²) in [5.74, 6) is -0.311. The third-order valence-corrected chi connectivity index (χ3v) is 4.16. The van der Waals surface area contributed by atoms with Crippen LogP contribution in [0, 0.1) is 5.92 Å². The number of amides is 2. The summed E-state index contributed by atoms with van der Waals surface area (Å²) in [6.07, 6.45) is -0.0881. The Morgan fingerprint density at radius 3 is 2.62 bits per heavy atom. The van der Waals surface area contributed by atoms with Gasteiger partial charge in [0, 0.05) is 12.7 Å². The Morgan fingerprint density at radius 1 is 1.33 bits per heavy atom. The number of hydrogen-bond donors (Lipinski definition) is 0. The highest BCUT2D eigenvalue weighted by Crippen LogP contribution is 2.19. The second-order valence-corrected chi connectivity index (χ2v) is 5.99. The van der Waals surface area contributed by atoms with Gasteiger partial charge in [-0.15, -0.1) is 0 Å². The highest BCUT2D eigenvalue weighted by Gasteiger charge is 2.33. The van der Waals surface area contributed by atoms with Crippen molar-refractivity contribution in [2.45, 2.75) is 13.3 Å². The quantitative estimate of drug-likeness (QED) is 0.833. The molecule has 5 nitrogen and oxygen atoms in total. The SMILES string of the molecule is CC(=O)SC[C@H](Cc1ccccc1)C(=O)N1CCOC1=O. The van der Waals surface area contributed by atoms with E-state index in [9.17, 15) is 14.4 Å². The van der Waals surface area contributed by atoms with E-state index in [2.05, 4.69) is 0 Å². The van der Waals surface area contributed by atoms with Crippen molar-refractivity contribution in [3.63, 3.8) is 0 Å². The van der Waals surface area contributed by atoms with E-state index in [1.807, 2.05) is 30.3 Å². The van der Waals surface area contributed by atoms with Crippen molar-refractivity contribution in [2.24, 2.45) is 5.92 Å². The number of cyclic esters (lactones) is 1. The van der Waals surface area contributed by atoms with E-state index in [-0.39, 0.29) is 24.2 Å². The van der Waals surface area contributed by atoms with Crippen molar-refractivity contribution in [3.8, 4) is 0 Å². The topological polar surface area (TPSA) is 63.7 Å². The molecule has 2 amide bonds. The number of benzene rings is 1. The molecule has 1 fully saturated rings. The normalized spacial score (nSPS) is 15.7. The third-order valence-electron chi connectivity index (χ3n) is 3.19. The highest BCUT2D eigenvalue weighted by atomic mass is 32.2. The summed E-state index contributed by atoms with van der Waals surface area (Å²) in [7, 11) is 0. The van der Waals surface area contributed by atoms with E-state index < -0.39 is 12.0 Å². The molecule has 0 aliphatic carbocycles. The lowest BCUT2D eigenvalue weighted by Gasteiger charge is -2.19. The molecule has 0 bridgehead atoms. The number of rotatable bonds is 5. The van der Waals surface area contributed by atoms with Gasteiger partial charge >= 0.3 is 6.09 Å². The summed E-state index contributed by atoms with van der Waals surface area (Å²) in [5.41, 5.74) is 1.01. The number of hydrogen-bond acceptors (Lipinski definition) is 5. The Labute approximate surface area is 127 Å². The van der Waals surface area contributed by atoms with Gasteiger partial charge in [-0.25, -0.2) is 9.69 Å². The van der Waals surface area contributed by atoms with Crippen LogP contribution in [0.1, 0.15) is 12.5 Å². The van der Waals surface area contributed by atoms with Gasteiger partial charge in [0.2, 0.25) is 5.91 Å². The zero-order valence-electron chi connectivity index (χ0n) is 11.8. The molecule has 0 saturated carbocycles. The fourth-order valence-electron chi connectivity index (χ4n) is 2.15. The predicted molar refractivity (Wildman–Crippen MR) is 79.8 cm³/mol. The van der Waals surface area contributed by atoms with Crippen LogP contribution in [-0.2, 0) is 20.7 Å². The number of thioether (sulfide) groups is 1. The standard InChI is InChI=1S/C15H17NO4S/c1-11(17)21-10-13(9-12-5-3-2-4-6-12)14(18)16-7-8-20-15(16)19/h2-6,13H,7-10H2,1H3/t13-/m0/s1. The first-order chi connectivity index (χ1) is 10.1. The van der Waals surface area contributed by atoms with Gasteiger partial charge in [0.25, 0.3) is 0 Å². The summed E-state index contributed by atoms with van der Waals surface area (Å²) in [6.45, 7) is 2.00. The lowest BCUT2D eigenvalue weighted by Crippen LogP contribution is -2.38. The molecule has 1 atom stereocenters. The summed E-state index contributed by atoms with van der Waals surface area (Å²) in [5, 5.41) is -0.0372. The average Bonchev–Trinajstić information content (AvgIpc) is 2.90. The van der Waals surface area contributed by atoms with Crippen LogP contribution in [0.3, 0.4) is 0 Å². The average molecular weight is 307 g/mol. The van der Waals surface area contributed by atoms with Gasteiger partial charge in [-0.2, -0.15) is 0 Å². The summed E-state index contributed by atoms with van der Waals surface area (Å²) < 4.78 is 4.80. The van der Waals surface area contributed by atoms with Gasteiger partial charge in [-0.3, -0.25) is 9.59 Å². The molecule has 0 spiro atoms. The highest BCUT2D eigenvalue weighted by molar-refractivity contribution is 8.13. The van der Waals surface area contributed by atoms with E-state index >= 15 is 0 Å². The van der Waals surface area contributed by atoms with Crippen LogP contribution >= 0.6 is 11.8 Å². The first-order valence-corrected chi connectivity index (χ1v) is 7.72. The predicted octanol–water partition coefficient (Wildman–Crippen LogP) is 2.10. The zero-order valence-corrected chi connectivity index (χ0v) is 12.6. The molecular formula is C15H17NO4S. The van der Waals surface area contributed by atoms with Crippen molar-refractivity contribution >= 4 is 28.9 Å². The summed E-state index contributed by atoms with van der Waals surface area (Å²) >= 11 is 1.11. The van der Waals surface area contributed by atoms with Crippen LogP contribution in [0.5, 0.6) is 0 Å². The van der Waals surface area contributed by atoms with Crippen LogP contribution in [0.4, 0.5) is 4.79 Å². The maximum atomic E-state index is 12.5. The Balaban J connectivity index is 2.09. The maximum Gasteiger partial charge on any atom is 0.416 e. The summed E-state index contributed by atoms with van der Waals surface area (Å²) in [6, 6.07) is 9.57. The van der Waals surface area contributed by atoms with Crippen molar-refractivity contribution in [1.29, 1.82) is 0 Å². The molecule has 0 aromatic heterocycles. The molecule has 2 rings (SSSR count). The van der Waals surface area contributed by atoms with Gasteiger partial charge in [0.15, 0.2) is 5.12 Å². The van der Waals surface area contributed by atoms with E-state index in [1.54, 1.807) is 0 Å². The Morgan fingerprint density at radius 2 is 2.05 bits per heavy atom. The lowest BCUT2D eigenvalue weighted by molar-refractivity contribution is -0.131. The van der Waals surface area contributed by atoms with Gasteiger partial charge in [-0.05, 0) is 12.0 Å². The van der Waals surface area contributed by atoms with Crippen LogP contribution in [-0.4, -0.2) is 40.9 Å². The molecule has 1 aliphatic heterocycles. The van der Waals surface area contributed by atoms with E-state index in [0.29, 0.717) is 12.2 Å². The number of carbonyl (C=O) groups excluding carboxylic acids is 3. The molecule has 1 aromatic rings. The maximum absolute atomic E-state index is 12.5. The molecular weight excluding hydrogens is 290 g/mol. The number of carbonyl (C=O) groups is 3.